The Labute approximate surface area is 189 Å². The van der Waals surface area contributed by atoms with Crippen LogP contribution in [0.2, 0.25) is 0 Å². The van der Waals surface area contributed by atoms with Crippen LogP contribution in [0.4, 0.5) is 16.3 Å². The number of hydrogen-bond acceptors (Lipinski definition) is 5. The first-order valence-corrected chi connectivity index (χ1v) is 11.3. The number of nitrogens with zero attached hydrogens (tertiary/aromatic N) is 4. The van der Waals surface area contributed by atoms with Crippen molar-refractivity contribution in [3.8, 4) is 11.4 Å². The number of nitrogens with one attached hydrogen (secondary N) is 2. The number of aryl methyl sites for hydroxylation is 2. The van der Waals surface area contributed by atoms with E-state index in [1.807, 2.05) is 43.3 Å². The van der Waals surface area contributed by atoms with E-state index in [1.54, 1.807) is 12.4 Å². The van der Waals surface area contributed by atoms with Gasteiger partial charge >= 0.3 is 6.03 Å². The van der Waals surface area contributed by atoms with Crippen LogP contribution in [0.5, 0.6) is 0 Å². The van der Waals surface area contributed by atoms with Crippen LogP contribution < -0.4 is 15.5 Å². The zero-order valence-corrected chi connectivity index (χ0v) is 18.7. The van der Waals surface area contributed by atoms with E-state index in [1.165, 1.54) is 5.56 Å². The average Bonchev–Trinajstić information content (AvgIpc) is 2.84. The number of amides is 2. The normalized spacial score (nSPS) is 15.9. The Balaban J connectivity index is 1.39. The number of hydrogen-bond donors (Lipinski definition) is 2. The maximum Gasteiger partial charge on any atom is 0.319 e. The van der Waals surface area contributed by atoms with Gasteiger partial charge in [-0.15, -0.1) is 0 Å². The molecule has 1 fully saturated rings. The van der Waals surface area contributed by atoms with Gasteiger partial charge in [-0.2, -0.15) is 0 Å². The molecule has 4 rings (SSSR count). The Bertz CT molecular complexity index is 1040. The molecular weight excluding hydrogens is 400 g/mol. The van der Waals surface area contributed by atoms with Gasteiger partial charge in [-0.3, -0.25) is 4.98 Å². The van der Waals surface area contributed by atoms with Crippen LogP contribution >= 0.6 is 0 Å². The molecule has 3 heterocycles. The summed E-state index contributed by atoms with van der Waals surface area (Å²) < 4.78 is 0. The Morgan fingerprint density at radius 3 is 2.66 bits per heavy atom. The summed E-state index contributed by atoms with van der Waals surface area (Å²) in [4.78, 5) is 28.3. The van der Waals surface area contributed by atoms with Crippen molar-refractivity contribution in [2.75, 3.05) is 29.9 Å². The quantitative estimate of drug-likeness (QED) is 0.604. The second-order valence-electron chi connectivity index (χ2n) is 8.29. The fourth-order valence-electron chi connectivity index (χ4n) is 3.95. The molecule has 7 heteroatoms. The van der Waals surface area contributed by atoms with E-state index in [0.717, 1.165) is 60.9 Å². The van der Waals surface area contributed by atoms with Crippen molar-refractivity contribution < 1.29 is 4.79 Å². The van der Waals surface area contributed by atoms with E-state index in [-0.39, 0.29) is 6.03 Å². The van der Waals surface area contributed by atoms with E-state index in [9.17, 15) is 4.79 Å². The van der Waals surface area contributed by atoms with Gasteiger partial charge in [0, 0.05) is 55.0 Å². The SMILES string of the molecule is CCc1cc(N2CCCC(CNC(=O)Nc3ccc(C)cc3)C2)nc(-c2ccncc2)n1. The van der Waals surface area contributed by atoms with Crippen molar-refractivity contribution in [1.82, 2.24) is 20.3 Å². The molecule has 0 saturated carbocycles. The third-order valence-corrected chi connectivity index (χ3v) is 5.77. The van der Waals surface area contributed by atoms with E-state index in [2.05, 4.69) is 33.5 Å². The highest BCUT2D eigenvalue weighted by molar-refractivity contribution is 5.89. The fraction of sp³-hybridized carbons (Fsp3) is 0.360. The second-order valence-corrected chi connectivity index (χ2v) is 8.29. The summed E-state index contributed by atoms with van der Waals surface area (Å²) in [6.07, 6.45) is 6.54. The van der Waals surface area contributed by atoms with Crippen molar-refractivity contribution in [3.63, 3.8) is 0 Å². The predicted molar refractivity (Wildman–Crippen MR) is 128 cm³/mol. The van der Waals surface area contributed by atoms with Gasteiger partial charge in [-0.05, 0) is 56.4 Å². The summed E-state index contributed by atoms with van der Waals surface area (Å²) >= 11 is 0. The van der Waals surface area contributed by atoms with Crippen LogP contribution in [0.1, 0.15) is 31.0 Å². The number of carbonyl (C=O) groups excluding carboxylic acids is 1. The third kappa shape index (κ3) is 5.60. The molecule has 1 aromatic carbocycles. The predicted octanol–water partition coefficient (Wildman–Crippen LogP) is 4.45. The summed E-state index contributed by atoms with van der Waals surface area (Å²) in [6, 6.07) is 13.6. The summed E-state index contributed by atoms with van der Waals surface area (Å²) in [5, 5.41) is 5.93. The molecule has 0 radical (unpaired) electrons. The molecule has 2 N–H and O–H groups in total. The van der Waals surface area contributed by atoms with Crippen LogP contribution in [0.3, 0.4) is 0 Å². The highest BCUT2D eigenvalue weighted by Crippen LogP contribution is 2.25. The second kappa shape index (κ2) is 10.2. The monoisotopic (exact) mass is 430 g/mol. The van der Waals surface area contributed by atoms with Gasteiger partial charge in [0.15, 0.2) is 5.82 Å². The van der Waals surface area contributed by atoms with Gasteiger partial charge < -0.3 is 15.5 Å². The smallest absolute Gasteiger partial charge is 0.319 e. The van der Waals surface area contributed by atoms with Crippen LogP contribution in [0.25, 0.3) is 11.4 Å². The first kappa shape index (κ1) is 21.7. The Morgan fingerprint density at radius 2 is 1.91 bits per heavy atom. The van der Waals surface area contributed by atoms with E-state index in [4.69, 9.17) is 9.97 Å². The number of benzene rings is 1. The lowest BCUT2D eigenvalue weighted by molar-refractivity contribution is 0.249. The summed E-state index contributed by atoms with van der Waals surface area (Å²) in [5.41, 5.74) is 3.97. The summed E-state index contributed by atoms with van der Waals surface area (Å²) in [5.74, 6) is 2.06. The zero-order chi connectivity index (χ0) is 22.3. The lowest BCUT2D eigenvalue weighted by atomic mass is 9.98. The van der Waals surface area contributed by atoms with Gasteiger partial charge in [0.1, 0.15) is 5.82 Å². The van der Waals surface area contributed by atoms with Gasteiger partial charge in [-0.25, -0.2) is 14.8 Å². The molecule has 7 nitrogen and oxygen atoms in total. The molecule has 2 amide bonds. The summed E-state index contributed by atoms with van der Waals surface area (Å²) in [7, 11) is 0. The molecule has 0 bridgehead atoms. The minimum atomic E-state index is -0.166. The number of piperidine rings is 1. The number of anilines is 2. The first-order chi connectivity index (χ1) is 15.6. The first-order valence-electron chi connectivity index (χ1n) is 11.3. The van der Waals surface area contributed by atoms with Crippen LogP contribution in [0.15, 0.2) is 54.9 Å². The van der Waals surface area contributed by atoms with Crippen molar-refractivity contribution in [2.24, 2.45) is 5.92 Å². The molecule has 1 atom stereocenters. The molecule has 1 unspecified atom stereocenters. The molecule has 1 saturated heterocycles. The maximum absolute atomic E-state index is 12.3. The Morgan fingerprint density at radius 1 is 1.12 bits per heavy atom. The van der Waals surface area contributed by atoms with Gasteiger partial charge in [-0.1, -0.05) is 24.6 Å². The van der Waals surface area contributed by atoms with E-state index >= 15 is 0 Å². The Kier molecular flexibility index (Phi) is 6.94. The number of aromatic nitrogens is 3. The van der Waals surface area contributed by atoms with Gasteiger partial charge in [0.05, 0.1) is 0 Å². The molecule has 0 spiro atoms. The largest absolute Gasteiger partial charge is 0.356 e. The van der Waals surface area contributed by atoms with Crippen LogP contribution in [-0.2, 0) is 6.42 Å². The maximum atomic E-state index is 12.3. The van der Waals surface area contributed by atoms with Crippen LogP contribution in [0, 0.1) is 12.8 Å². The molecule has 2 aromatic heterocycles. The van der Waals surface area contributed by atoms with Gasteiger partial charge in [0.2, 0.25) is 0 Å². The summed E-state index contributed by atoms with van der Waals surface area (Å²) in [6.45, 7) is 6.59. The lowest BCUT2D eigenvalue weighted by Gasteiger charge is -2.34. The molecule has 3 aromatic rings. The molecule has 0 aliphatic carbocycles. The third-order valence-electron chi connectivity index (χ3n) is 5.77. The Hall–Kier alpha value is -3.48. The molecular formula is C25H30N6O. The van der Waals surface area contributed by atoms with Crippen molar-refractivity contribution in [1.29, 1.82) is 0 Å². The number of carbonyl (C=O) groups is 1. The van der Waals surface area contributed by atoms with Gasteiger partial charge in [0.25, 0.3) is 0 Å². The lowest BCUT2D eigenvalue weighted by Crippen LogP contribution is -2.42. The molecule has 166 valence electrons. The number of pyridine rings is 1. The minimum Gasteiger partial charge on any atom is -0.356 e. The topological polar surface area (TPSA) is 83.0 Å². The zero-order valence-electron chi connectivity index (χ0n) is 18.7. The van der Waals surface area contributed by atoms with E-state index in [0.29, 0.717) is 12.5 Å². The van der Waals surface area contributed by atoms with Crippen molar-refractivity contribution in [2.45, 2.75) is 33.1 Å². The highest BCUT2D eigenvalue weighted by atomic mass is 16.2. The molecule has 1 aliphatic rings. The standard InChI is InChI=1S/C25H30N6O/c1-3-21-15-23(30-24(28-21)20-10-12-26-13-11-20)31-14-4-5-19(17-31)16-27-25(32)29-22-8-6-18(2)7-9-22/h6-13,15,19H,3-5,14,16-17H2,1-2H3,(H2,27,29,32). The fourth-order valence-corrected chi connectivity index (χ4v) is 3.95. The highest BCUT2D eigenvalue weighted by Gasteiger charge is 2.22. The molecule has 32 heavy (non-hydrogen) atoms. The van der Waals surface area contributed by atoms with Crippen molar-refractivity contribution >= 4 is 17.5 Å². The van der Waals surface area contributed by atoms with E-state index < -0.39 is 0 Å². The average molecular weight is 431 g/mol. The minimum absolute atomic E-state index is 0.166. The van der Waals surface area contributed by atoms with Crippen LogP contribution in [-0.4, -0.2) is 40.6 Å². The number of urea groups is 1. The molecule has 1 aliphatic heterocycles. The van der Waals surface area contributed by atoms with Crippen molar-refractivity contribution in [3.05, 3.63) is 66.1 Å². The number of rotatable bonds is 6.